The van der Waals surface area contributed by atoms with Gasteiger partial charge in [-0.1, -0.05) is 60.7 Å². The molecule has 33 heavy (non-hydrogen) atoms. The molecule has 1 fully saturated rings. The zero-order valence-corrected chi connectivity index (χ0v) is 18.8. The van der Waals surface area contributed by atoms with Gasteiger partial charge in [0.25, 0.3) is 11.1 Å². The van der Waals surface area contributed by atoms with Crippen LogP contribution in [0, 0.1) is 0 Å². The van der Waals surface area contributed by atoms with Crippen LogP contribution in [0.1, 0.15) is 5.56 Å². The van der Waals surface area contributed by atoms with Gasteiger partial charge >= 0.3 is 0 Å². The van der Waals surface area contributed by atoms with Gasteiger partial charge in [-0.05, 0) is 63.1 Å². The molecule has 1 heterocycles. The van der Waals surface area contributed by atoms with Crippen molar-refractivity contribution >= 4 is 50.5 Å². The second-order valence-electron chi connectivity index (χ2n) is 7.57. The van der Waals surface area contributed by atoms with Crippen LogP contribution in [0.15, 0.2) is 83.8 Å². The first-order valence-electron chi connectivity index (χ1n) is 10.6. The maximum atomic E-state index is 13.1. The maximum absolute atomic E-state index is 13.1. The molecule has 0 radical (unpaired) electrons. The van der Waals surface area contributed by atoms with Gasteiger partial charge in [0.05, 0.1) is 18.6 Å². The normalized spacial score (nSPS) is 15.1. The quantitative estimate of drug-likeness (QED) is 0.259. The highest BCUT2D eigenvalue weighted by Crippen LogP contribution is 2.36. The van der Waals surface area contributed by atoms with Crippen molar-refractivity contribution in [2.75, 3.05) is 20.3 Å². The Morgan fingerprint density at radius 2 is 1.45 bits per heavy atom. The Kier molecular flexibility index (Phi) is 5.75. The molecule has 0 atom stereocenters. The molecule has 0 unspecified atom stereocenters. The van der Waals surface area contributed by atoms with E-state index in [2.05, 4.69) is 18.2 Å². The van der Waals surface area contributed by atoms with E-state index in [-0.39, 0.29) is 24.3 Å². The summed E-state index contributed by atoms with van der Waals surface area (Å²) in [6.07, 6.45) is 1.84. The first kappa shape index (κ1) is 21.1. The lowest BCUT2D eigenvalue weighted by atomic mass is 9.96. The lowest BCUT2D eigenvalue weighted by Gasteiger charge is -2.14. The number of benzene rings is 4. The van der Waals surface area contributed by atoms with E-state index in [1.807, 2.05) is 54.6 Å². The third kappa shape index (κ3) is 4.05. The van der Waals surface area contributed by atoms with E-state index in [0.29, 0.717) is 16.4 Å². The number of methoxy groups -OCH3 is 1. The molecular formula is C27H21NO4S. The molecule has 1 aliphatic heterocycles. The number of rotatable bonds is 6. The average molecular weight is 456 g/mol. The van der Waals surface area contributed by atoms with Crippen LogP contribution in [-0.4, -0.2) is 36.3 Å². The van der Waals surface area contributed by atoms with E-state index < -0.39 is 0 Å². The SMILES string of the molecule is COc1ccccc1OCCN1C(=O)S/C(=C\c2c3ccccc3cc3ccccc23)C1=O. The molecule has 0 N–H and O–H groups in total. The van der Waals surface area contributed by atoms with Crippen LogP contribution in [0.5, 0.6) is 11.5 Å². The summed E-state index contributed by atoms with van der Waals surface area (Å²) >= 11 is 0.966. The molecule has 1 saturated heterocycles. The Bertz CT molecular complexity index is 1360. The van der Waals surface area contributed by atoms with Gasteiger partial charge < -0.3 is 9.47 Å². The third-order valence-corrected chi connectivity index (χ3v) is 6.51. The lowest BCUT2D eigenvalue weighted by Crippen LogP contribution is -2.32. The Labute approximate surface area is 195 Å². The number of nitrogens with zero attached hydrogens (tertiary/aromatic N) is 1. The summed E-state index contributed by atoms with van der Waals surface area (Å²) < 4.78 is 11.0. The Hall–Kier alpha value is -3.77. The summed E-state index contributed by atoms with van der Waals surface area (Å²) in [6.45, 7) is 0.346. The second-order valence-corrected chi connectivity index (χ2v) is 8.56. The van der Waals surface area contributed by atoms with Gasteiger partial charge in [0.1, 0.15) is 6.61 Å². The minimum absolute atomic E-state index is 0.163. The molecule has 4 aromatic rings. The molecule has 1 aliphatic rings. The Balaban J connectivity index is 1.42. The highest BCUT2D eigenvalue weighted by atomic mass is 32.2. The molecule has 6 heteroatoms. The zero-order valence-electron chi connectivity index (χ0n) is 18.0. The van der Waals surface area contributed by atoms with Crippen molar-refractivity contribution in [1.29, 1.82) is 0 Å². The molecular weight excluding hydrogens is 434 g/mol. The number of ether oxygens (including phenoxy) is 2. The Morgan fingerprint density at radius 3 is 2.12 bits per heavy atom. The summed E-state index contributed by atoms with van der Waals surface area (Å²) in [5.74, 6) is 0.879. The van der Waals surface area contributed by atoms with Gasteiger partial charge in [-0.3, -0.25) is 14.5 Å². The van der Waals surface area contributed by atoms with Gasteiger partial charge in [0.15, 0.2) is 11.5 Å². The smallest absolute Gasteiger partial charge is 0.293 e. The van der Waals surface area contributed by atoms with Gasteiger partial charge in [0, 0.05) is 0 Å². The first-order chi connectivity index (χ1) is 16.2. The number of hydrogen-bond acceptors (Lipinski definition) is 5. The van der Waals surface area contributed by atoms with Crippen LogP contribution < -0.4 is 9.47 Å². The van der Waals surface area contributed by atoms with Gasteiger partial charge in [-0.15, -0.1) is 0 Å². The summed E-state index contributed by atoms with van der Waals surface area (Å²) in [7, 11) is 1.57. The lowest BCUT2D eigenvalue weighted by molar-refractivity contribution is -0.123. The van der Waals surface area contributed by atoms with E-state index in [1.165, 1.54) is 4.90 Å². The zero-order chi connectivity index (χ0) is 22.8. The molecule has 4 aromatic carbocycles. The van der Waals surface area contributed by atoms with E-state index in [4.69, 9.17) is 9.47 Å². The van der Waals surface area contributed by atoms with Crippen LogP contribution in [0.4, 0.5) is 4.79 Å². The van der Waals surface area contributed by atoms with E-state index >= 15 is 0 Å². The molecule has 5 nitrogen and oxygen atoms in total. The molecule has 2 amide bonds. The number of hydrogen-bond donors (Lipinski definition) is 0. The predicted octanol–water partition coefficient (Wildman–Crippen LogP) is 6.12. The van der Waals surface area contributed by atoms with Crippen molar-refractivity contribution < 1.29 is 19.1 Å². The van der Waals surface area contributed by atoms with Gasteiger partial charge in [0.2, 0.25) is 0 Å². The molecule has 5 rings (SSSR count). The number of para-hydroxylation sites is 2. The van der Waals surface area contributed by atoms with Gasteiger partial charge in [-0.25, -0.2) is 0 Å². The Morgan fingerprint density at radius 1 is 0.848 bits per heavy atom. The van der Waals surface area contributed by atoms with Crippen LogP contribution in [0.2, 0.25) is 0 Å². The molecule has 0 saturated carbocycles. The van der Waals surface area contributed by atoms with Crippen LogP contribution in [-0.2, 0) is 4.79 Å². The summed E-state index contributed by atoms with van der Waals surface area (Å²) in [5, 5.41) is 3.98. The van der Waals surface area contributed by atoms with E-state index in [9.17, 15) is 9.59 Å². The number of amides is 2. The van der Waals surface area contributed by atoms with Crippen molar-refractivity contribution in [3.8, 4) is 11.5 Å². The van der Waals surface area contributed by atoms with Crippen molar-refractivity contribution in [2.24, 2.45) is 0 Å². The molecule has 0 spiro atoms. The summed E-state index contributed by atoms with van der Waals surface area (Å²) in [4.78, 5) is 27.4. The number of imide groups is 1. The average Bonchev–Trinajstić information content (AvgIpc) is 3.11. The van der Waals surface area contributed by atoms with E-state index in [0.717, 1.165) is 38.9 Å². The second kappa shape index (κ2) is 9.00. The number of carbonyl (C=O) groups is 2. The first-order valence-corrected chi connectivity index (χ1v) is 11.4. The highest BCUT2D eigenvalue weighted by molar-refractivity contribution is 8.18. The molecule has 0 aromatic heterocycles. The molecule has 0 bridgehead atoms. The standard InChI is InChI=1S/C27H21NO4S/c1-31-23-12-6-7-13-24(23)32-15-14-28-26(29)25(33-27(28)30)17-22-20-10-4-2-8-18(20)16-19-9-3-5-11-21(19)22/h2-13,16-17H,14-15H2,1H3/b25-17-. The maximum Gasteiger partial charge on any atom is 0.293 e. The highest BCUT2D eigenvalue weighted by Gasteiger charge is 2.35. The van der Waals surface area contributed by atoms with Crippen molar-refractivity contribution in [2.45, 2.75) is 0 Å². The number of fused-ring (bicyclic) bond motifs is 2. The monoisotopic (exact) mass is 455 g/mol. The van der Waals surface area contributed by atoms with Crippen LogP contribution in [0.25, 0.3) is 27.6 Å². The fraction of sp³-hybridized carbons (Fsp3) is 0.111. The fourth-order valence-corrected chi connectivity index (χ4v) is 4.86. The van der Waals surface area contributed by atoms with Crippen LogP contribution >= 0.6 is 11.8 Å². The summed E-state index contributed by atoms with van der Waals surface area (Å²) in [6, 6.07) is 25.6. The minimum Gasteiger partial charge on any atom is -0.493 e. The largest absolute Gasteiger partial charge is 0.493 e. The third-order valence-electron chi connectivity index (χ3n) is 5.60. The minimum atomic E-state index is -0.300. The van der Waals surface area contributed by atoms with Gasteiger partial charge in [-0.2, -0.15) is 0 Å². The van der Waals surface area contributed by atoms with E-state index in [1.54, 1.807) is 19.2 Å². The van der Waals surface area contributed by atoms with Crippen molar-refractivity contribution in [3.05, 3.63) is 89.3 Å². The number of thioether (sulfide) groups is 1. The molecule has 164 valence electrons. The van der Waals surface area contributed by atoms with Crippen molar-refractivity contribution in [3.63, 3.8) is 0 Å². The topological polar surface area (TPSA) is 55.8 Å². The fourth-order valence-electron chi connectivity index (χ4n) is 4.01. The van der Waals surface area contributed by atoms with Crippen LogP contribution in [0.3, 0.4) is 0 Å². The summed E-state index contributed by atoms with van der Waals surface area (Å²) in [5.41, 5.74) is 0.944. The van der Waals surface area contributed by atoms with Crippen molar-refractivity contribution in [1.82, 2.24) is 4.90 Å². The molecule has 0 aliphatic carbocycles. The number of carbonyl (C=O) groups excluding carboxylic acids is 2. The predicted molar refractivity (Wildman–Crippen MR) is 133 cm³/mol.